The summed E-state index contributed by atoms with van der Waals surface area (Å²) in [5.74, 6) is -0.0217. The molecule has 0 fully saturated rings. The zero-order valence-corrected chi connectivity index (χ0v) is 18.7. The molecule has 34 heavy (non-hydrogen) atoms. The van der Waals surface area contributed by atoms with Gasteiger partial charge in [0, 0.05) is 25.4 Å². The number of aryl methyl sites for hydroxylation is 1. The summed E-state index contributed by atoms with van der Waals surface area (Å²) in [5.41, 5.74) is 3.26. The summed E-state index contributed by atoms with van der Waals surface area (Å²) in [6, 6.07) is 28.9. The van der Waals surface area contributed by atoms with E-state index in [1.54, 1.807) is 29.2 Å². The van der Waals surface area contributed by atoms with E-state index in [1.807, 2.05) is 67.6 Å². The Morgan fingerprint density at radius 2 is 1.50 bits per heavy atom. The first kappa shape index (κ1) is 22.7. The van der Waals surface area contributed by atoms with Crippen LogP contribution in [0.2, 0.25) is 0 Å². The largest absolute Gasteiger partial charge is 0.331 e. The molecule has 0 aliphatic rings. The van der Waals surface area contributed by atoms with Crippen molar-refractivity contribution in [3.63, 3.8) is 0 Å². The lowest BCUT2D eigenvalue weighted by Crippen LogP contribution is -2.41. The SMILES string of the molecule is Cc1ccccc1CN(Cc1ccccc1)C(=O)N(c1ccccc1)c1ncccc1[N+](=O)[O-]. The minimum absolute atomic E-state index is 0.0217. The molecule has 0 atom stereocenters. The molecule has 0 N–H and O–H groups in total. The fraction of sp³-hybridized carbons (Fsp3) is 0.111. The highest BCUT2D eigenvalue weighted by molar-refractivity contribution is 6.00. The Balaban J connectivity index is 1.81. The molecule has 0 radical (unpaired) electrons. The average Bonchev–Trinajstić information content (AvgIpc) is 2.86. The predicted molar refractivity (Wildman–Crippen MR) is 132 cm³/mol. The van der Waals surface area contributed by atoms with E-state index in [-0.39, 0.29) is 11.5 Å². The summed E-state index contributed by atoms with van der Waals surface area (Å²) in [7, 11) is 0. The van der Waals surface area contributed by atoms with Gasteiger partial charge >= 0.3 is 11.7 Å². The molecule has 1 heterocycles. The average molecular weight is 453 g/mol. The lowest BCUT2D eigenvalue weighted by atomic mass is 10.1. The zero-order valence-electron chi connectivity index (χ0n) is 18.7. The Hall–Kier alpha value is -4.52. The maximum Gasteiger partial charge on any atom is 0.331 e. The van der Waals surface area contributed by atoms with Crippen molar-refractivity contribution in [3.8, 4) is 0 Å². The standard InChI is InChI=1S/C27H24N4O3/c1-21-11-8-9-14-23(21)20-29(19-22-12-4-2-5-13-22)27(32)30(24-15-6-3-7-16-24)26-25(31(33)34)17-10-18-28-26/h2-18H,19-20H2,1H3. The quantitative estimate of drug-likeness (QED) is 0.245. The van der Waals surface area contributed by atoms with Gasteiger partial charge in [-0.1, -0.05) is 72.8 Å². The smallest absolute Gasteiger partial charge is 0.315 e. The van der Waals surface area contributed by atoms with Gasteiger partial charge in [0.25, 0.3) is 0 Å². The van der Waals surface area contributed by atoms with E-state index in [4.69, 9.17) is 0 Å². The van der Waals surface area contributed by atoms with Crippen molar-refractivity contribution in [2.75, 3.05) is 4.90 Å². The molecule has 0 saturated heterocycles. The third-order valence-electron chi connectivity index (χ3n) is 5.49. The zero-order chi connectivity index (χ0) is 23.9. The fourth-order valence-corrected chi connectivity index (χ4v) is 3.73. The van der Waals surface area contributed by atoms with Gasteiger partial charge < -0.3 is 4.90 Å². The molecule has 4 aromatic rings. The van der Waals surface area contributed by atoms with Crippen LogP contribution in [0, 0.1) is 17.0 Å². The Morgan fingerprint density at radius 1 is 0.853 bits per heavy atom. The van der Waals surface area contributed by atoms with Gasteiger partial charge in [0.1, 0.15) is 0 Å². The normalized spacial score (nSPS) is 10.5. The highest BCUT2D eigenvalue weighted by atomic mass is 16.6. The van der Waals surface area contributed by atoms with Crippen LogP contribution in [0.25, 0.3) is 0 Å². The number of para-hydroxylation sites is 1. The van der Waals surface area contributed by atoms with Crippen molar-refractivity contribution in [1.82, 2.24) is 9.88 Å². The molecule has 7 nitrogen and oxygen atoms in total. The molecular weight excluding hydrogens is 428 g/mol. The third kappa shape index (κ3) is 5.10. The maximum atomic E-state index is 14.1. The van der Waals surface area contributed by atoms with Crippen LogP contribution in [0.5, 0.6) is 0 Å². The first-order valence-electron chi connectivity index (χ1n) is 10.9. The number of rotatable bonds is 7. The molecule has 0 aliphatic heterocycles. The van der Waals surface area contributed by atoms with Crippen LogP contribution in [0.3, 0.4) is 0 Å². The van der Waals surface area contributed by atoms with Gasteiger partial charge in [-0.05, 0) is 41.8 Å². The summed E-state index contributed by atoms with van der Waals surface area (Å²) in [6.07, 6.45) is 1.45. The van der Waals surface area contributed by atoms with Crippen LogP contribution in [0.1, 0.15) is 16.7 Å². The number of hydrogen-bond acceptors (Lipinski definition) is 4. The second-order valence-corrected chi connectivity index (χ2v) is 7.82. The van der Waals surface area contributed by atoms with Crippen LogP contribution in [0.4, 0.5) is 22.0 Å². The van der Waals surface area contributed by atoms with Crippen molar-refractivity contribution in [3.05, 3.63) is 130 Å². The van der Waals surface area contributed by atoms with Gasteiger partial charge in [-0.25, -0.2) is 14.7 Å². The lowest BCUT2D eigenvalue weighted by Gasteiger charge is -2.30. The third-order valence-corrected chi connectivity index (χ3v) is 5.49. The Morgan fingerprint density at radius 3 is 2.18 bits per heavy atom. The number of aromatic nitrogens is 1. The molecule has 0 bridgehead atoms. The Kier molecular flexibility index (Phi) is 6.93. The molecule has 1 aromatic heterocycles. The summed E-state index contributed by atoms with van der Waals surface area (Å²) in [5, 5.41) is 11.8. The first-order chi connectivity index (χ1) is 16.5. The molecule has 0 unspecified atom stereocenters. The van der Waals surface area contributed by atoms with Crippen LogP contribution in [0.15, 0.2) is 103 Å². The molecule has 2 amide bonds. The van der Waals surface area contributed by atoms with Crippen molar-refractivity contribution >= 4 is 23.2 Å². The second-order valence-electron chi connectivity index (χ2n) is 7.82. The Bertz CT molecular complexity index is 1280. The molecule has 7 heteroatoms. The number of carbonyl (C=O) groups is 1. The summed E-state index contributed by atoms with van der Waals surface area (Å²) in [6.45, 7) is 2.67. The van der Waals surface area contributed by atoms with E-state index < -0.39 is 11.0 Å². The van der Waals surface area contributed by atoms with Gasteiger partial charge in [0.05, 0.1) is 10.6 Å². The van der Waals surface area contributed by atoms with Crippen molar-refractivity contribution < 1.29 is 9.72 Å². The molecule has 3 aromatic carbocycles. The van der Waals surface area contributed by atoms with E-state index >= 15 is 0 Å². The summed E-state index contributed by atoms with van der Waals surface area (Å²) < 4.78 is 0. The minimum Gasteiger partial charge on any atom is -0.315 e. The molecular formula is C27H24N4O3. The van der Waals surface area contributed by atoms with E-state index in [2.05, 4.69) is 4.98 Å². The lowest BCUT2D eigenvalue weighted by molar-refractivity contribution is -0.384. The number of pyridine rings is 1. The number of urea groups is 1. The number of carbonyl (C=O) groups excluding carboxylic acids is 1. The number of hydrogen-bond donors (Lipinski definition) is 0. The van der Waals surface area contributed by atoms with Crippen LogP contribution >= 0.6 is 0 Å². The van der Waals surface area contributed by atoms with Gasteiger partial charge in [0.2, 0.25) is 5.82 Å². The van der Waals surface area contributed by atoms with Gasteiger partial charge in [-0.15, -0.1) is 0 Å². The molecule has 0 saturated carbocycles. The number of nitro groups is 1. The van der Waals surface area contributed by atoms with E-state index in [0.29, 0.717) is 18.8 Å². The van der Waals surface area contributed by atoms with Crippen molar-refractivity contribution in [2.45, 2.75) is 20.0 Å². The number of amides is 2. The van der Waals surface area contributed by atoms with Crippen LogP contribution in [-0.2, 0) is 13.1 Å². The van der Waals surface area contributed by atoms with E-state index in [1.165, 1.54) is 23.2 Å². The topological polar surface area (TPSA) is 79.6 Å². The van der Waals surface area contributed by atoms with Crippen molar-refractivity contribution in [1.29, 1.82) is 0 Å². The molecule has 0 spiro atoms. The summed E-state index contributed by atoms with van der Waals surface area (Å²) >= 11 is 0. The highest BCUT2D eigenvalue weighted by Crippen LogP contribution is 2.33. The minimum atomic E-state index is -0.519. The fourth-order valence-electron chi connectivity index (χ4n) is 3.73. The van der Waals surface area contributed by atoms with Gasteiger partial charge in [-0.3, -0.25) is 10.1 Å². The van der Waals surface area contributed by atoms with Gasteiger partial charge in [0.15, 0.2) is 0 Å². The van der Waals surface area contributed by atoms with Crippen LogP contribution < -0.4 is 4.90 Å². The van der Waals surface area contributed by atoms with Crippen LogP contribution in [-0.4, -0.2) is 20.8 Å². The van der Waals surface area contributed by atoms with E-state index in [0.717, 1.165) is 16.7 Å². The monoisotopic (exact) mass is 452 g/mol. The molecule has 4 rings (SSSR count). The first-order valence-corrected chi connectivity index (χ1v) is 10.9. The highest BCUT2D eigenvalue weighted by Gasteiger charge is 2.31. The number of benzene rings is 3. The molecule has 0 aliphatic carbocycles. The van der Waals surface area contributed by atoms with E-state index in [9.17, 15) is 14.9 Å². The number of anilines is 2. The van der Waals surface area contributed by atoms with Gasteiger partial charge in [-0.2, -0.15) is 0 Å². The number of nitrogens with zero attached hydrogens (tertiary/aromatic N) is 4. The maximum absolute atomic E-state index is 14.1. The molecule has 170 valence electrons. The Labute approximate surface area is 198 Å². The predicted octanol–water partition coefficient (Wildman–Crippen LogP) is 6.26. The second kappa shape index (κ2) is 10.4. The van der Waals surface area contributed by atoms with Crippen molar-refractivity contribution in [2.24, 2.45) is 0 Å². The summed E-state index contributed by atoms with van der Waals surface area (Å²) in [4.78, 5) is 32.7.